The molecule has 1 heterocycles. The van der Waals surface area contributed by atoms with Crippen LogP contribution in [0.25, 0.3) is 0 Å². The molecular formula is C15H14O2S2. The molecule has 1 aromatic rings. The third-order valence-corrected chi connectivity index (χ3v) is 5.45. The fourth-order valence-corrected chi connectivity index (χ4v) is 4.33. The van der Waals surface area contributed by atoms with Crippen molar-refractivity contribution in [2.24, 2.45) is 0 Å². The molecule has 19 heavy (non-hydrogen) atoms. The van der Waals surface area contributed by atoms with Crippen LogP contribution < -0.4 is 0 Å². The van der Waals surface area contributed by atoms with Crippen LogP contribution in [-0.4, -0.2) is 17.8 Å². The fraction of sp³-hybridized carbons (Fsp3) is 0.200. The molecule has 1 aromatic carbocycles. The molecule has 2 nitrogen and oxygen atoms in total. The lowest BCUT2D eigenvalue weighted by atomic mass is 10.0. The summed E-state index contributed by atoms with van der Waals surface area (Å²) in [5.41, 5.74) is 1.45. The Labute approximate surface area is 121 Å². The van der Waals surface area contributed by atoms with Crippen LogP contribution in [0.5, 0.6) is 0 Å². The lowest BCUT2D eigenvalue weighted by Crippen LogP contribution is -2.14. The van der Waals surface area contributed by atoms with E-state index in [1.54, 1.807) is 17.8 Å². The first kappa shape index (κ1) is 14.2. The van der Waals surface area contributed by atoms with Gasteiger partial charge in [0.1, 0.15) is 0 Å². The molecule has 2 rings (SSSR count). The molecule has 1 aliphatic heterocycles. The molecule has 4 heteroatoms. The molecule has 1 atom stereocenters. The number of rotatable bonds is 5. The summed E-state index contributed by atoms with van der Waals surface area (Å²) < 4.78 is 0.819. The van der Waals surface area contributed by atoms with Gasteiger partial charge in [0, 0.05) is 17.4 Å². The van der Waals surface area contributed by atoms with E-state index in [4.69, 9.17) is 0 Å². The SMILES string of the molecule is C=CCSC1=C(C=O)C(=O)CC(c2ccccc2)S1. The first-order valence-corrected chi connectivity index (χ1v) is 7.80. The molecule has 0 saturated heterocycles. The number of aldehydes is 1. The Balaban J connectivity index is 2.26. The Morgan fingerprint density at radius 3 is 2.74 bits per heavy atom. The van der Waals surface area contributed by atoms with Crippen LogP contribution in [0.1, 0.15) is 17.2 Å². The minimum absolute atomic E-state index is 0.0610. The molecule has 1 aliphatic rings. The van der Waals surface area contributed by atoms with Crippen LogP contribution in [-0.2, 0) is 9.59 Å². The van der Waals surface area contributed by atoms with Crippen LogP contribution in [0.2, 0.25) is 0 Å². The van der Waals surface area contributed by atoms with Crippen molar-refractivity contribution in [3.05, 3.63) is 58.4 Å². The summed E-state index contributed by atoms with van der Waals surface area (Å²) in [5.74, 6) is 0.642. The number of carbonyl (C=O) groups is 2. The molecule has 0 radical (unpaired) electrons. The van der Waals surface area contributed by atoms with Crippen molar-refractivity contribution in [3.8, 4) is 0 Å². The first-order valence-electron chi connectivity index (χ1n) is 5.94. The second kappa shape index (κ2) is 6.78. The molecule has 0 spiro atoms. The second-order valence-corrected chi connectivity index (χ2v) is 6.56. The molecule has 1 unspecified atom stereocenters. The van der Waals surface area contributed by atoms with E-state index in [1.807, 2.05) is 30.3 Å². The zero-order chi connectivity index (χ0) is 13.7. The van der Waals surface area contributed by atoms with Crippen molar-refractivity contribution in [1.82, 2.24) is 0 Å². The minimum Gasteiger partial charge on any atom is -0.298 e. The second-order valence-electron chi connectivity index (χ2n) is 4.06. The van der Waals surface area contributed by atoms with E-state index in [2.05, 4.69) is 6.58 Å². The number of hydrogen-bond donors (Lipinski definition) is 0. The highest BCUT2D eigenvalue weighted by atomic mass is 32.2. The molecule has 0 aromatic heterocycles. The summed E-state index contributed by atoms with van der Waals surface area (Å²) >= 11 is 3.11. The summed E-state index contributed by atoms with van der Waals surface area (Å²) in [7, 11) is 0. The van der Waals surface area contributed by atoms with Crippen LogP contribution >= 0.6 is 23.5 Å². The maximum atomic E-state index is 12.0. The lowest BCUT2D eigenvalue weighted by molar-refractivity contribution is -0.117. The molecule has 98 valence electrons. The van der Waals surface area contributed by atoms with Crippen LogP contribution in [0, 0.1) is 0 Å². The zero-order valence-corrected chi connectivity index (χ0v) is 12.0. The van der Waals surface area contributed by atoms with Gasteiger partial charge in [0.05, 0.1) is 9.81 Å². The number of carbonyl (C=O) groups excluding carboxylic acids is 2. The Morgan fingerprint density at radius 2 is 2.11 bits per heavy atom. The van der Waals surface area contributed by atoms with Crippen LogP contribution in [0.3, 0.4) is 0 Å². The quantitative estimate of drug-likeness (QED) is 0.470. The Hall–Kier alpha value is -1.26. The predicted octanol–water partition coefficient (Wildman–Crippen LogP) is 3.76. The summed E-state index contributed by atoms with van der Waals surface area (Å²) in [4.78, 5) is 23.1. The van der Waals surface area contributed by atoms with Crippen molar-refractivity contribution in [3.63, 3.8) is 0 Å². The van der Waals surface area contributed by atoms with Crippen molar-refractivity contribution in [2.75, 3.05) is 5.75 Å². The standard InChI is InChI=1S/C15H14O2S2/c1-2-8-18-15-12(10-16)13(17)9-14(19-15)11-6-4-3-5-7-11/h2-7,10,14H,1,8-9H2. The Kier molecular flexibility index (Phi) is 5.05. The van der Waals surface area contributed by atoms with E-state index in [9.17, 15) is 9.59 Å². The van der Waals surface area contributed by atoms with Gasteiger partial charge in [-0.3, -0.25) is 9.59 Å². The highest BCUT2D eigenvalue weighted by molar-refractivity contribution is 8.22. The van der Waals surface area contributed by atoms with E-state index in [1.165, 1.54) is 11.8 Å². The van der Waals surface area contributed by atoms with Crippen LogP contribution in [0.15, 0.2) is 52.8 Å². The summed E-state index contributed by atoms with van der Waals surface area (Å²) in [6.45, 7) is 3.67. The van der Waals surface area contributed by atoms with Crippen molar-refractivity contribution in [2.45, 2.75) is 11.7 Å². The molecule has 0 amide bonds. The third kappa shape index (κ3) is 3.39. The Bertz CT molecular complexity index is 520. The van der Waals surface area contributed by atoms with Gasteiger partial charge in [-0.2, -0.15) is 0 Å². The third-order valence-electron chi connectivity index (χ3n) is 2.76. The number of thioether (sulfide) groups is 2. The van der Waals surface area contributed by atoms with E-state index in [0.29, 0.717) is 24.0 Å². The van der Waals surface area contributed by atoms with E-state index >= 15 is 0 Å². The average molecular weight is 290 g/mol. The average Bonchev–Trinajstić information content (AvgIpc) is 2.45. The van der Waals surface area contributed by atoms with Gasteiger partial charge >= 0.3 is 0 Å². The lowest BCUT2D eigenvalue weighted by Gasteiger charge is -2.23. The largest absolute Gasteiger partial charge is 0.298 e. The molecule has 0 saturated carbocycles. The minimum atomic E-state index is -0.0610. The molecule has 0 N–H and O–H groups in total. The molecule has 0 bridgehead atoms. The highest BCUT2D eigenvalue weighted by Gasteiger charge is 2.29. The van der Waals surface area contributed by atoms with Gasteiger partial charge in [-0.1, -0.05) is 36.4 Å². The van der Waals surface area contributed by atoms with Crippen molar-refractivity contribution in [1.29, 1.82) is 0 Å². The first-order chi connectivity index (χ1) is 9.26. The Morgan fingerprint density at radius 1 is 1.37 bits per heavy atom. The summed E-state index contributed by atoms with van der Waals surface area (Å²) in [6, 6.07) is 9.93. The smallest absolute Gasteiger partial charge is 0.169 e. The predicted molar refractivity (Wildman–Crippen MR) is 82.1 cm³/mol. The zero-order valence-electron chi connectivity index (χ0n) is 10.4. The van der Waals surface area contributed by atoms with Gasteiger partial charge in [0.25, 0.3) is 0 Å². The van der Waals surface area contributed by atoms with Gasteiger partial charge in [-0.25, -0.2) is 0 Å². The normalized spacial score (nSPS) is 19.4. The topological polar surface area (TPSA) is 34.1 Å². The summed E-state index contributed by atoms with van der Waals surface area (Å²) in [5, 5.41) is 0.102. The molecule has 0 fully saturated rings. The van der Waals surface area contributed by atoms with Crippen LogP contribution in [0.4, 0.5) is 0 Å². The number of Topliss-reactive ketones (excluding diaryl/α,β-unsaturated/α-hetero) is 1. The van der Waals surface area contributed by atoms with E-state index in [0.717, 1.165) is 9.80 Å². The van der Waals surface area contributed by atoms with Crippen molar-refractivity contribution < 1.29 is 9.59 Å². The maximum Gasteiger partial charge on any atom is 0.169 e. The summed E-state index contributed by atoms with van der Waals surface area (Å²) in [6.07, 6.45) is 2.85. The number of hydrogen-bond acceptors (Lipinski definition) is 4. The number of ketones is 1. The monoisotopic (exact) mass is 290 g/mol. The highest BCUT2D eigenvalue weighted by Crippen LogP contribution is 2.47. The van der Waals surface area contributed by atoms with Gasteiger partial charge < -0.3 is 0 Å². The van der Waals surface area contributed by atoms with E-state index in [-0.39, 0.29) is 11.0 Å². The van der Waals surface area contributed by atoms with Crippen molar-refractivity contribution >= 4 is 35.6 Å². The van der Waals surface area contributed by atoms with Gasteiger partial charge in [0.2, 0.25) is 0 Å². The number of benzene rings is 1. The molecular weight excluding hydrogens is 276 g/mol. The van der Waals surface area contributed by atoms with E-state index < -0.39 is 0 Å². The molecule has 0 aliphatic carbocycles. The maximum absolute atomic E-state index is 12.0. The van der Waals surface area contributed by atoms with Gasteiger partial charge in [0.15, 0.2) is 12.1 Å². The fourth-order valence-electron chi connectivity index (χ4n) is 1.84. The number of allylic oxidation sites excluding steroid dienone is 1. The van der Waals surface area contributed by atoms with Gasteiger partial charge in [-0.15, -0.1) is 30.1 Å². The van der Waals surface area contributed by atoms with Gasteiger partial charge in [-0.05, 0) is 5.56 Å².